The fourth-order valence-corrected chi connectivity index (χ4v) is 2.84. The van der Waals surface area contributed by atoms with Gasteiger partial charge in [0.05, 0.1) is 6.61 Å². The SMILES string of the molecule is c1cc2cc3c(cc2c(NCC2CCOC2)n1)OCCO3. The number of hydrogen-bond acceptors (Lipinski definition) is 5. The minimum Gasteiger partial charge on any atom is -0.486 e. The zero-order valence-electron chi connectivity index (χ0n) is 11.8. The average molecular weight is 286 g/mol. The molecule has 2 aliphatic rings. The highest BCUT2D eigenvalue weighted by atomic mass is 16.6. The van der Waals surface area contributed by atoms with Crippen LogP contribution < -0.4 is 14.8 Å². The van der Waals surface area contributed by atoms with E-state index in [0.717, 1.165) is 54.3 Å². The third kappa shape index (κ3) is 2.49. The third-order valence-electron chi connectivity index (χ3n) is 4.01. The molecule has 2 aliphatic heterocycles. The summed E-state index contributed by atoms with van der Waals surface area (Å²) in [5, 5.41) is 5.63. The lowest BCUT2D eigenvalue weighted by Crippen LogP contribution is -2.16. The number of pyridine rings is 1. The summed E-state index contributed by atoms with van der Waals surface area (Å²) in [6.45, 7) is 3.80. The van der Waals surface area contributed by atoms with Crippen LogP contribution >= 0.6 is 0 Å². The Morgan fingerprint density at radius 2 is 2.00 bits per heavy atom. The average Bonchev–Trinajstić information content (AvgIpc) is 3.04. The van der Waals surface area contributed by atoms with Crippen LogP contribution in [0.25, 0.3) is 10.8 Å². The normalized spacial score (nSPS) is 20.7. The van der Waals surface area contributed by atoms with Gasteiger partial charge in [0.1, 0.15) is 19.0 Å². The number of rotatable bonds is 3. The molecule has 0 spiro atoms. The Bertz CT molecular complexity index is 653. The zero-order chi connectivity index (χ0) is 14.1. The van der Waals surface area contributed by atoms with Crippen LogP contribution in [-0.4, -0.2) is 38.0 Å². The lowest BCUT2D eigenvalue weighted by atomic mass is 10.1. The van der Waals surface area contributed by atoms with Gasteiger partial charge in [-0.3, -0.25) is 0 Å². The molecule has 4 rings (SSSR count). The predicted octanol–water partition coefficient (Wildman–Crippen LogP) is 2.45. The van der Waals surface area contributed by atoms with E-state index in [1.165, 1.54) is 0 Å². The van der Waals surface area contributed by atoms with Gasteiger partial charge in [-0.05, 0) is 30.0 Å². The summed E-state index contributed by atoms with van der Waals surface area (Å²) in [5.74, 6) is 3.08. The van der Waals surface area contributed by atoms with Crippen LogP contribution in [0, 0.1) is 5.92 Å². The third-order valence-corrected chi connectivity index (χ3v) is 4.01. The Morgan fingerprint density at radius 3 is 2.81 bits per heavy atom. The van der Waals surface area contributed by atoms with E-state index in [2.05, 4.69) is 10.3 Å². The van der Waals surface area contributed by atoms with E-state index in [9.17, 15) is 0 Å². The first kappa shape index (κ1) is 12.7. The van der Waals surface area contributed by atoms with Crippen molar-refractivity contribution in [2.45, 2.75) is 6.42 Å². The van der Waals surface area contributed by atoms with Crippen molar-refractivity contribution in [1.29, 1.82) is 0 Å². The molecule has 1 N–H and O–H groups in total. The van der Waals surface area contributed by atoms with Gasteiger partial charge in [0.25, 0.3) is 0 Å². The van der Waals surface area contributed by atoms with E-state index in [4.69, 9.17) is 14.2 Å². The molecule has 5 heteroatoms. The minimum atomic E-state index is 0.569. The van der Waals surface area contributed by atoms with Gasteiger partial charge in [-0.1, -0.05) is 0 Å². The monoisotopic (exact) mass is 286 g/mol. The topological polar surface area (TPSA) is 52.6 Å². The number of aromatic nitrogens is 1. The number of fused-ring (bicyclic) bond motifs is 2. The lowest BCUT2D eigenvalue weighted by Gasteiger charge is -2.19. The molecule has 3 heterocycles. The summed E-state index contributed by atoms with van der Waals surface area (Å²) in [5.41, 5.74) is 0. The van der Waals surface area contributed by atoms with Crippen molar-refractivity contribution in [3.63, 3.8) is 0 Å². The lowest BCUT2D eigenvalue weighted by molar-refractivity contribution is 0.172. The highest BCUT2D eigenvalue weighted by Crippen LogP contribution is 2.36. The quantitative estimate of drug-likeness (QED) is 0.939. The molecule has 0 saturated carbocycles. The fourth-order valence-electron chi connectivity index (χ4n) is 2.84. The van der Waals surface area contributed by atoms with Gasteiger partial charge in [0, 0.05) is 30.7 Å². The molecule has 1 fully saturated rings. The zero-order valence-corrected chi connectivity index (χ0v) is 11.8. The molecule has 1 atom stereocenters. The number of anilines is 1. The second kappa shape index (κ2) is 5.41. The van der Waals surface area contributed by atoms with E-state index >= 15 is 0 Å². The van der Waals surface area contributed by atoms with Gasteiger partial charge in [0.2, 0.25) is 0 Å². The van der Waals surface area contributed by atoms with E-state index in [1.54, 1.807) is 0 Å². The van der Waals surface area contributed by atoms with Gasteiger partial charge >= 0.3 is 0 Å². The molecule has 2 aromatic rings. The number of hydrogen-bond donors (Lipinski definition) is 1. The second-order valence-electron chi connectivity index (χ2n) is 5.49. The largest absolute Gasteiger partial charge is 0.486 e. The van der Waals surface area contributed by atoms with E-state index in [0.29, 0.717) is 19.1 Å². The van der Waals surface area contributed by atoms with Crippen LogP contribution in [0.2, 0.25) is 0 Å². The summed E-state index contributed by atoms with van der Waals surface area (Å²) in [6, 6.07) is 6.04. The van der Waals surface area contributed by atoms with Crippen molar-refractivity contribution in [2.24, 2.45) is 5.92 Å². The Balaban J connectivity index is 1.64. The Labute approximate surface area is 123 Å². The molecule has 110 valence electrons. The van der Waals surface area contributed by atoms with Gasteiger partial charge in [-0.15, -0.1) is 0 Å². The summed E-state index contributed by atoms with van der Waals surface area (Å²) in [7, 11) is 0. The number of benzene rings is 1. The van der Waals surface area contributed by atoms with Crippen molar-refractivity contribution >= 4 is 16.6 Å². The molecule has 1 aromatic carbocycles. The van der Waals surface area contributed by atoms with Crippen LogP contribution in [0.1, 0.15) is 6.42 Å². The van der Waals surface area contributed by atoms with Crippen LogP contribution in [0.5, 0.6) is 11.5 Å². The molecule has 1 aromatic heterocycles. The number of nitrogens with one attached hydrogen (secondary N) is 1. The summed E-state index contributed by atoms with van der Waals surface area (Å²) < 4.78 is 16.7. The molecule has 0 amide bonds. The van der Waals surface area contributed by atoms with Gasteiger partial charge < -0.3 is 19.5 Å². The van der Waals surface area contributed by atoms with Crippen molar-refractivity contribution in [2.75, 3.05) is 38.3 Å². The smallest absolute Gasteiger partial charge is 0.162 e. The molecule has 0 radical (unpaired) electrons. The van der Waals surface area contributed by atoms with Crippen molar-refractivity contribution in [3.05, 3.63) is 24.4 Å². The summed E-state index contributed by atoms with van der Waals surface area (Å²) >= 11 is 0. The Morgan fingerprint density at radius 1 is 1.14 bits per heavy atom. The Kier molecular flexibility index (Phi) is 3.27. The van der Waals surface area contributed by atoms with Crippen molar-refractivity contribution in [1.82, 2.24) is 4.98 Å². The highest BCUT2D eigenvalue weighted by molar-refractivity contribution is 5.94. The van der Waals surface area contributed by atoms with Crippen LogP contribution in [-0.2, 0) is 4.74 Å². The van der Waals surface area contributed by atoms with Crippen LogP contribution in [0.3, 0.4) is 0 Å². The van der Waals surface area contributed by atoms with Crippen molar-refractivity contribution < 1.29 is 14.2 Å². The van der Waals surface area contributed by atoms with Gasteiger partial charge in [-0.25, -0.2) is 4.98 Å². The molecule has 0 aliphatic carbocycles. The van der Waals surface area contributed by atoms with Crippen LogP contribution in [0.15, 0.2) is 24.4 Å². The first-order chi connectivity index (χ1) is 10.4. The summed E-state index contributed by atoms with van der Waals surface area (Å²) in [6.07, 6.45) is 2.94. The van der Waals surface area contributed by atoms with Crippen LogP contribution in [0.4, 0.5) is 5.82 Å². The maximum Gasteiger partial charge on any atom is 0.162 e. The first-order valence-electron chi connectivity index (χ1n) is 7.40. The van der Waals surface area contributed by atoms with Gasteiger partial charge in [0.15, 0.2) is 11.5 Å². The number of ether oxygens (including phenoxy) is 3. The molecule has 21 heavy (non-hydrogen) atoms. The Hall–Kier alpha value is -2.01. The maximum absolute atomic E-state index is 5.66. The molecular formula is C16H18N2O3. The van der Waals surface area contributed by atoms with Gasteiger partial charge in [-0.2, -0.15) is 0 Å². The predicted molar refractivity (Wildman–Crippen MR) is 80.1 cm³/mol. The second-order valence-corrected chi connectivity index (χ2v) is 5.49. The standard InChI is InChI=1S/C16H18N2O3/c1-3-17-16(18-9-11-2-4-19-10-11)13-8-15-14(7-12(1)13)20-5-6-21-15/h1,3,7-8,11H,2,4-6,9-10H2,(H,17,18). The van der Waals surface area contributed by atoms with E-state index < -0.39 is 0 Å². The first-order valence-corrected chi connectivity index (χ1v) is 7.40. The van der Waals surface area contributed by atoms with Crippen molar-refractivity contribution in [3.8, 4) is 11.5 Å². The number of nitrogens with zero attached hydrogens (tertiary/aromatic N) is 1. The molecule has 1 unspecified atom stereocenters. The molecule has 0 bridgehead atoms. The highest BCUT2D eigenvalue weighted by Gasteiger charge is 2.17. The van der Waals surface area contributed by atoms with E-state index in [1.807, 2.05) is 24.4 Å². The molecular weight excluding hydrogens is 268 g/mol. The fraction of sp³-hybridized carbons (Fsp3) is 0.438. The maximum atomic E-state index is 5.66. The minimum absolute atomic E-state index is 0.569. The summed E-state index contributed by atoms with van der Waals surface area (Å²) in [4.78, 5) is 4.47. The molecule has 1 saturated heterocycles. The van der Waals surface area contributed by atoms with E-state index in [-0.39, 0.29) is 0 Å². The molecule has 5 nitrogen and oxygen atoms in total.